The summed E-state index contributed by atoms with van der Waals surface area (Å²) in [5.74, 6) is -1.66. The lowest BCUT2D eigenvalue weighted by Crippen LogP contribution is -2.55. The Hall–Kier alpha value is -2.19. The van der Waals surface area contributed by atoms with Gasteiger partial charge in [0.1, 0.15) is 11.6 Å². The molecule has 8 nitrogen and oxygen atoms in total. The van der Waals surface area contributed by atoms with Crippen LogP contribution in [-0.2, 0) is 19.1 Å². The summed E-state index contributed by atoms with van der Waals surface area (Å²) in [5.41, 5.74) is -1.12. The first-order valence-electron chi connectivity index (χ1n) is 12.4. The number of carbonyl (C=O) groups is 3. The summed E-state index contributed by atoms with van der Waals surface area (Å²) in [6, 6.07) is -0.748. The highest BCUT2D eigenvalue weighted by molar-refractivity contribution is 5.99. The van der Waals surface area contributed by atoms with Gasteiger partial charge in [0.25, 0.3) is 0 Å². The maximum absolute atomic E-state index is 13.9. The molecule has 1 N–H and O–H groups in total. The van der Waals surface area contributed by atoms with E-state index in [0.29, 0.717) is 26.2 Å². The molecule has 182 valence electrons. The number of hydrogen-bond donors (Lipinski definition) is 1. The molecule has 1 spiro atoms. The Kier molecular flexibility index (Phi) is 7.24. The lowest BCUT2D eigenvalue weighted by molar-refractivity contribution is -0.148. The number of unbranched alkanes of at least 4 members (excludes halogenated alkanes) is 4. The van der Waals surface area contributed by atoms with E-state index in [1.54, 1.807) is 16.8 Å². The van der Waals surface area contributed by atoms with Crippen LogP contribution in [0.3, 0.4) is 0 Å². The molecule has 0 aromatic heterocycles. The smallest absolute Gasteiger partial charge is 0.249 e. The number of carbonyl (C=O) groups excluding carboxylic acids is 3. The highest BCUT2D eigenvalue weighted by atomic mass is 16.5. The Labute approximate surface area is 196 Å². The van der Waals surface area contributed by atoms with Crippen molar-refractivity contribution in [3.63, 3.8) is 0 Å². The average molecular weight is 460 g/mol. The first kappa shape index (κ1) is 24.0. The van der Waals surface area contributed by atoms with Gasteiger partial charge in [-0.05, 0) is 19.3 Å². The maximum atomic E-state index is 13.9. The van der Waals surface area contributed by atoms with Crippen LogP contribution >= 0.6 is 0 Å². The average Bonchev–Trinajstić information content (AvgIpc) is 3.12. The minimum atomic E-state index is -1.12. The number of likely N-dealkylation sites (tertiary alicyclic amines) is 1. The van der Waals surface area contributed by atoms with Crippen LogP contribution in [0.4, 0.5) is 0 Å². The van der Waals surface area contributed by atoms with Crippen molar-refractivity contribution < 1.29 is 24.2 Å². The minimum Gasteiger partial charge on any atom is -0.396 e. The summed E-state index contributed by atoms with van der Waals surface area (Å²) in [4.78, 5) is 46.2. The second-order valence-electron chi connectivity index (χ2n) is 9.70. The quantitative estimate of drug-likeness (QED) is 0.415. The molecule has 1 unspecified atom stereocenters. The lowest BCUT2D eigenvalue weighted by atomic mass is 9.77. The number of hydrogen-bond acceptors (Lipinski definition) is 5. The van der Waals surface area contributed by atoms with Gasteiger partial charge in [0.05, 0.1) is 17.9 Å². The molecule has 4 aliphatic rings. The fraction of sp³-hybridized carbons (Fsp3) is 0.720. The van der Waals surface area contributed by atoms with E-state index in [0.717, 1.165) is 38.5 Å². The van der Waals surface area contributed by atoms with Crippen molar-refractivity contribution in [2.45, 2.75) is 63.2 Å². The van der Waals surface area contributed by atoms with Crippen molar-refractivity contribution >= 4 is 17.7 Å². The Morgan fingerprint density at radius 1 is 1.00 bits per heavy atom. The zero-order valence-electron chi connectivity index (χ0n) is 19.8. The Morgan fingerprint density at radius 3 is 2.55 bits per heavy atom. The van der Waals surface area contributed by atoms with E-state index in [9.17, 15) is 14.4 Å². The predicted molar refractivity (Wildman–Crippen MR) is 123 cm³/mol. The number of amides is 3. The van der Waals surface area contributed by atoms with Crippen LogP contribution in [0, 0.1) is 11.8 Å². The van der Waals surface area contributed by atoms with E-state index < -0.39 is 29.6 Å². The third-order valence-corrected chi connectivity index (χ3v) is 7.53. The number of ether oxygens (including phenoxy) is 1. The Bertz CT molecular complexity index is 827. The normalized spacial score (nSPS) is 33.3. The summed E-state index contributed by atoms with van der Waals surface area (Å²) in [6.07, 6.45) is 12.3. The number of rotatable bonds is 9. The first-order valence-corrected chi connectivity index (χ1v) is 12.4. The van der Waals surface area contributed by atoms with E-state index in [-0.39, 0.29) is 24.3 Å². The predicted octanol–water partition coefficient (Wildman–Crippen LogP) is 1.35. The molecular weight excluding hydrogens is 422 g/mol. The van der Waals surface area contributed by atoms with Crippen LogP contribution in [0.5, 0.6) is 0 Å². The van der Waals surface area contributed by atoms with Crippen LogP contribution in [0.1, 0.15) is 45.4 Å². The summed E-state index contributed by atoms with van der Waals surface area (Å²) in [6.45, 7) is 4.33. The van der Waals surface area contributed by atoms with E-state index in [4.69, 9.17) is 9.84 Å². The molecule has 2 saturated heterocycles. The molecule has 0 saturated carbocycles. The van der Waals surface area contributed by atoms with Crippen molar-refractivity contribution in [1.82, 2.24) is 14.7 Å². The summed E-state index contributed by atoms with van der Waals surface area (Å²) in [7, 11) is 1.75. The number of nitrogens with zero attached hydrogens (tertiary/aromatic N) is 3. The van der Waals surface area contributed by atoms with Gasteiger partial charge in [0.15, 0.2) is 0 Å². The van der Waals surface area contributed by atoms with Gasteiger partial charge in [0.2, 0.25) is 17.7 Å². The number of fused-ring (bicyclic) bond motifs is 2. The van der Waals surface area contributed by atoms with Gasteiger partial charge in [-0.3, -0.25) is 14.4 Å². The molecular formula is C25H37N3O5. The zero-order chi connectivity index (χ0) is 23.6. The number of aliphatic hydroxyl groups excluding tert-OH is 1. The molecule has 8 heteroatoms. The highest BCUT2D eigenvalue weighted by Gasteiger charge is 2.71. The maximum Gasteiger partial charge on any atom is 0.249 e. The van der Waals surface area contributed by atoms with Crippen LogP contribution in [0.25, 0.3) is 0 Å². The van der Waals surface area contributed by atoms with Gasteiger partial charge < -0.3 is 24.5 Å². The molecule has 0 aromatic carbocycles. The third-order valence-electron chi connectivity index (χ3n) is 7.53. The Morgan fingerprint density at radius 2 is 1.79 bits per heavy atom. The fourth-order valence-corrected chi connectivity index (χ4v) is 5.85. The van der Waals surface area contributed by atoms with Gasteiger partial charge in [0, 0.05) is 39.8 Å². The summed E-state index contributed by atoms with van der Waals surface area (Å²) < 4.78 is 6.56. The van der Waals surface area contributed by atoms with Gasteiger partial charge in [-0.15, -0.1) is 0 Å². The van der Waals surface area contributed by atoms with Gasteiger partial charge in [-0.2, -0.15) is 0 Å². The van der Waals surface area contributed by atoms with E-state index in [1.165, 1.54) is 0 Å². The van der Waals surface area contributed by atoms with Crippen molar-refractivity contribution in [3.05, 3.63) is 24.3 Å². The molecule has 33 heavy (non-hydrogen) atoms. The van der Waals surface area contributed by atoms with Crippen molar-refractivity contribution in [3.8, 4) is 0 Å². The minimum absolute atomic E-state index is 0.0825. The topological polar surface area (TPSA) is 90.4 Å². The van der Waals surface area contributed by atoms with Gasteiger partial charge >= 0.3 is 0 Å². The lowest BCUT2D eigenvalue weighted by Gasteiger charge is -2.35. The molecule has 0 aliphatic carbocycles. The monoisotopic (exact) mass is 459 g/mol. The molecule has 5 atom stereocenters. The molecule has 4 aliphatic heterocycles. The molecule has 4 rings (SSSR count). The van der Waals surface area contributed by atoms with Gasteiger partial charge in [-0.25, -0.2) is 0 Å². The molecule has 4 heterocycles. The van der Waals surface area contributed by atoms with Crippen LogP contribution in [0.2, 0.25) is 0 Å². The van der Waals surface area contributed by atoms with Crippen molar-refractivity contribution in [1.29, 1.82) is 0 Å². The summed E-state index contributed by atoms with van der Waals surface area (Å²) >= 11 is 0. The first-order chi connectivity index (χ1) is 16.0. The van der Waals surface area contributed by atoms with Crippen LogP contribution in [0.15, 0.2) is 24.3 Å². The van der Waals surface area contributed by atoms with E-state index in [2.05, 4.69) is 6.92 Å². The highest BCUT2D eigenvalue weighted by Crippen LogP contribution is 2.53. The molecule has 0 radical (unpaired) electrons. The van der Waals surface area contributed by atoms with Crippen molar-refractivity contribution in [2.75, 3.05) is 39.8 Å². The molecule has 0 aromatic rings. The number of aliphatic hydroxyl groups is 1. The van der Waals surface area contributed by atoms with Crippen LogP contribution in [-0.4, -0.2) is 95.1 Å². The fourth-order valence-electron chi connectivity index (χ4n) is 5.85. The molecule has 0 bridgehead atoms. The van der Waals surface area contributed by atoms with E-state index in [1.807, 2.05) is 29.2 Å². The van der Waals surface area contributed by atoms with Gasteiger partial charge in [-0.1, -0.05) is 50.5 Å². The van der Waals surface area contributed by atoms with E-state index >= 15 is 0 Å². The number of likely N-dealkylation sites (N-methyl/N-ethyl adjacent to an activating group) is 1. The Balaban J connectivity index is 1.68. The second-order valence-corrected chi connectivity index (χ2v) is 9.70. The molecule has 3 amide bonds. The van der Waals surface area contributed by atoms with Crippen LogP contribution < -0.4 is 0 Å². The third kappa shape index (κ3) is 4.12. The standard InChI is InChI=1S/C25H37N3O5/c1-3-4-14-27-15-10-12-25-20(19-18(33-25)11-9-13-26(2)22(19)30)23(31)28(21(25)24(27)32)16-7-5-6-8-17-29/h9-12,18-21,29H,3-8,13-17H2,1-2H3/t18-,19+,20+,21?,25+/m1/s1. The summed E-state index contributed by atoms with van der Waals surface area (Å²) in [5, 5.41) is 9.05. The molecule has 2 fully saturated rings. The largest absolute Gasteiger partial charge is 0.396 e. The second kappa shape index (κ2) is 9.97. The SMILES string of the molecule is CCCCN1CC=C[C@]23O[C@@H]4C=CCN(C)C(=O)[C@@H]4[C@H]2C(=O)N(CCCCCCO)C3C1=O. The van der Waals surface area contributed by atoms with Crippen molar-refractivity contribution in [2.24, 2.45) is 11.8 Å². The zero-order valence-corrected chi connectivity index (χ0v) is 19.8.